The molecule has 158 valence electrons. The summed E-state index contributed by atoms with van der Waals surface area (Å²) in [7, 11) is 0. The molecule has 3 aromatic rings. The van der Waals surface area contributed by atoms with Crippen LogP contribution in [0.4, 0.5) is 0 Å². The van der Waals surface area contributed by atoms with Crippen LogP contribution >= 0.6 is 0 Å². The van der Waals surface area contributed by atoms with Gasteiger partial charge < -0.3 is 19.5 Å². The van der Waals surface area contributed by atoms with E-state index in [-0.39, 0.29) is 24.4 Å². The second-order valence-corrected chi connectivity index (χ2v) is 7.85. The molecule has 7 heteroatoms. The maximum Gasteiger partial charge on any atom is 0.254 e. The van der Waals surface area contributed by atoms with Crippen molar-refractivity contribution < 1.29 is 14.3 Å². The van der Waals surface area contributed by atoms with Gasteiger partial charge in [0.25, 0.3) is 5.91 Å². The number of nitrogens with zero attached hydrogens (tertiary/aromatic N) is 3. The largest absolute Gasteiger partial charge is 0.494 e. The lowest BCUT2D eigenvalue weighted by Crippen LogP contribution is -2.42. The summed E-state index contributed by atoms with van der Waals surface area (Å²) >= 11 is 0. The second kappa shape index (κ2) is 8.26. The van der Waals surface area contributed by atoms with Crippen molar-refractivity contribution in [3.05, 3.63) is 83.4 Å². The number of imidazole rings is 1. The molecule has 0 fully saturated rings. The number of hydrogen-bond donors (Lipinski definition) is 1. The van der Waals surface area contributed by atoms with E-state index < -0.39 is 0 Å². The van der Waals surface area contributed by atoms with Crippen molar-refractivity contribution >= 4 is 11.8 Å². The van der Waals surface area contributed by atoms with Gasteiger partial charge in [-0.15, -0.1) is 0 Å². The predicted octanol–water partition coefficient (Wildman–Crippen LogP) is 2.57. The van der Waals surface area contributed by atoms with Crippen LogP contribution in [0.3, 0.4) is 0 Å². The zero-order valence-corrected chi connectivity index (χ0v) is 17.2. The van der Waals surface area contributed by atoms with Crippen molar-refractivity contribution in [2.24, 2.45) is 0 Å². The van der Waals surface area contributed by atoms with Crippen molar-refractivity contribution in [1.29, 1.82) is 0 Å². The molecule has 1 atom stereocenters. The van der Waals surface area contributed by atoms with Crippen LogP contribution in [0.1, 0.15) is 39.8 Å². The fraction of sp³-hybridized carbons (Fsp3) is 0.292. The standard InChI is InChI=1S/C24H24N4O3/c29-21-15-27-16-26-20-10-12-28(24(30)17-6-2-1-3-7-17)22(23(20)27)18-8-4-9-19(14-18)31-13-5-11-25-21/h1-4,6-9,14,16,22H,5,10-13,15H2,(H,25,29). The van der Waals surface area contributed by atoms with E-state index in [2.05, 4.69) is 10.3 Å². The predicted molar refractivity (Wildman–Crippen MR) is 115 cm³/mol. The van der Waals surface area contributed by atoms with Gasteiger partial charge >= 0.3 is 0 Å². The first-order valence-electron chi connectivity index (χ1n) is 10.6. The first kappa shape index (κ1) is 19.4. The van der Waals surface area contributed by atoms with Gasteiger partial charge in [-0.2, -0.15) is 0 Å². The van der Waals surface area contributed by atoms with Gasteiger partial charge in [0.05, 0.1) is 30.4 Å². The molecule has 0 radical (unpaired) electrons. The monoisotopic (exact) mass is 416 g/mol. The van der Waals surface area contributed by atoms with E-state index in [1.54, 1.807) is 6.33 Å². The third kappa shape index (κ3) is 3.79. The van der Waals surface area contributed by atoms with Gasteiger partial charge in [-0.3, -0.25) is 9.59 Å². The number of carbonyl (C=O) groups is 2. The molecule has 2 amide bonds. The summed E-state index contributed by atoms with van der Waals surface area (Å²) in [6.07, 6.45) is 3.09. The minimum absolute atomic E-state index is 0.0379. The van der Waals surface area contributed by atoms with Gasteiger partial charge in [-0.25, -0.2) is 4.98 Å². The smallest absolute Gasteiger partial charge is 0.254 e. The van der Waals surface area contributed by atoms with Crippen LogP contribution in [0.5, 0.6) is 5.75 Å². The van der Waals surface area contributed by atoms with Crippen LogP contribution in [0.25, 0.3) is 0 Å². The van der Waals surface area contributed by atoms with Gasteiger partial charge in [0.2, 0.25) is 5.91 Å². The normalized spacial score (nSPS) is 18.5. The Morgan fingerprint density at radius 1 is 1.13 bits per heavy atom. The number of ether oxygens (including phenoxy) is 1. The molecule has 5 rings (SSSR count). The third-order valence-electron chi connectivity index (χ3n) is 5.80. The topological polar surface area (TPSA) is 76.5 Å². The highest BCUT2D eigenvalue weighted by atomic mass is 16.5. The van der Waals surface area contributed by atoms with Gasteiger partial charge in [0.15, 0.2) is 0 Å². The SMILES string of the molecule is O=C1Cn2cnc3c2C(c2cccc(c2)OCCCN1)N(C(=O)c1ccccc1)CC3. The minimum atomic E-state index is -0.351. The molecule has 2 aromatic carbocycles. The highest BCUT2D eigenvalue weighted by Gasteiger charge is 2.36. The number of fused-ring (bicyclic) bond motifs is 3. The average Bonchev–Trinajstić information content (AvgIpc) is 3.21. The molecule has 1 aromatic heterocycles. The molecule has 0 saturated heterocycles. The Hall–Kier alpha value is -3.61. The van der Waals surface area contributed by atoms with E-state index in [1.807, 2.05) is 64.1 Å². The summed E-state index contributed by atoms with van der Waals surface area (Å²) in [6, 6.07) is 16.8. The van der Waals surface area contributed by atoms with Crippen molar-refractivity contribution in [2.45, 2.75) is 25.4 Å². The van der Waals surface area contributed by atoms with Crippen LogP contribution in [0.2, 0.25) is 0 Å². The molecule has 7 nitrogen and oxygen atoms in total. The van der Waals surface area contributed by atoms with Crippen molar-refractivity contribution in [1.82, 2.24) is 19.8 Å². The first-order chi connectivity index (χ1) is 15.2. The zero-order chi connectivity index (χ0) is 21.2. The maximum absolute atomic E-state index is 13.5. The molecule has 2 bridgehead atoms. The lowest BCUT2D eigenvalue weighted by Gasteiger charge is -2.37. The number of amides is 2. The van der Waals surface area contributed by atoms with Gasteiger partial charge in [-0.05, 0) is 36.2 Å². The molecule has 31 heavy (non-hydrogen) atoms. The minimum Gasteiger partial charge on any atom is -0.494 e. The summed E-state index contributed by atoms with van der Waals surface area (Å²) in [5, 5.41) is 2.94. The summed E-state index contributed by atoms with van der Waals surface area (Å²) in [4.78, 5) is 32.5. The van der Waals surface area contributed by atoms with Crippen LogP contribution in [-0.2, 0) is 17.8 Å². The fourth-order valence-electron chi connectivity index (χ4n) is 4.35. The molecule has 2 aliphatic heterocycles. The molecule has 1 N–H and O–H groups in total. The number of carbonyl (C=O) groups excluding carboxylic acids is 2. The van der Waals surface area contributed by atoms with E-state index in [0.29, 0.717) is 31.7 Å². The van der Waals surface area contributed by atoms with E-state index in [4.69, 9.17) is 4.74 Å². The van der Waals surface area contributed by atoms with E-state index in [9.17, 15) is 9.59 Å². The Balaban J connectivity index is 1.64. The van der Waals surface area contributed by atoms with Crippen LogP contribution in [0, 0.1) is 0 Å². The lowest BCUT2D eigenvalue weighted by molar-refractivity contribution is -0.121. The van der Waals surface area contributed by atoms with Gasteiger partial charge in [-0.1, -0.05) is 30.3 Å². The Bertz CT molecular complexity index is 1110. The van der Waals surface area contributed by atoms with Crippen LogP contribution in [0.15, 0.2) is 60.9 Å². The van der Waals surface area contributed by atoms with Crippen molar-refractivity contribution in [3.8, 4) is 5.75 Å². The number of nitrogens with one attached hydrogen (secondary N) is 1. The second-order valence-electron chi connectivity index (χ2n) is 7.85. The highest BCUT2D eigenvalue weighted by molar-refractivity contribution is 5.95. The van der Waals surface area contributed by atoms with E-state index in [0.717, 1.165) is 29.1 Å². The molecular weight excluding hydrogens is 392 g/mol. The molecule has 3 heterocycles. The van der Waals surface area contributed by atoms with Crippen LogP contribution < -0.4 is 10.1 Å². The molecule has 2 aliphatic rings. The summed E-state index contributed by atoms with van der Waals surface area (Å²) in [5.74, 6) is 0.647. The number of benzene rings is 2. The Morgan fingerprint density at radius 2 is 2.00 bits per heavy atom. The average molecular weight is 416 g/mol. The molecular formula is C24H24N4O3. The quantitative estimate of drug-likeness (QED) is 0.662. The first-order valence-corrected chi connectivity index (χ1v) is 10.6. The molecule has 0 spiro atoms. The number of aromatic nitrogens is 2. The molecule has 0 saturated carbocycles. The number of hydrogen-bond acceptors (Lipinski definition) is 4. The van der Waals surface area contributed by atoms with Gasteiger partial charge in [0, 0.05) is 25.1 Å². The highest BCUT2D eigenvalue weighted by Crippen LogP contribution is 2.37. The van der Waals surface area contributed by atoms with E-state index in [1.165, 1.54) is 0 Å². The van der Waals surface area contributed by atoms with Gasteiger partial charge in [0.1, 0.15) is 12.3 Å². The summed E-state index contributed by atoms with van der Waals surface area (Å²) in [5.41, 5.74) is 3.41. The number of rotatable bonds is 1. The Morgan fingerprint density at radius 3 is 2.87 bits per heavy atom. The molecule has 1 unspecified atom stereocenters. The lowest BCUT2D eigenvalue weighted by atomic mass is 9.94. The summed E-state index contributed by atoms with van der Waals surface area (Å²) < 4.78 is 7.79. The van der Waals surface area contributed by atoms with Crippen LogP contribution in [-0.4, -0.2) is 46.0 Å². The summed E-state index contributed by atoms with van der Waals surface area (Å²) in [6.45, 7) is 1.80. The Kier molecular flexibility index (Phi) is 5.16. The van der Waals surface area contributed by atoms with Crippen molar-refractivity contribution in [3.63, 3.8) is 0 Å². The maximum atomic E-state index is 13.5. The third-order valence-corrected chi connectivity index (χ3v) is 5.80. The fourth-order valence-corrected chi connectivity index (χ4v) is 4.35. The van der Waals surface area contributed by atoms with Crippen molar-refractivity contribution in [2.75, 3.05) is 19.7 Å². The Labute approximate surface area is 180 Å². The zero-order valence-electron chi connectivity index (χ0n) is 17.2. The van der Waals surface area contributed by atoms with E-state index >= 15 is 0 Å². The molecule has 0 aliphatic carbocycles.